The van der Waals surface area contributed by atoms with Gasteiger partial charge >= 0.3 is 11.9 Å². The number of unbranched alkanes of at least 4 members (excludes halogenated alkanes) is 8. The van der Waals surface area contributed by atoms with Crippen molar-refractivity contribution in [2.24, 2.45) is 56.7 Å². The van der Waals surface area contributed by atoms with Crippen molar-refractivity contribution >= 4 is 11.9 Å². The van der Waals surface area contributed by atoms with E-state index in [0.717, 1.165) is 70.6 Å². The van der Waals surface area contributed by atoms with E-state index in [-0.39, 0.29) is 39.7 Å². The largest absolute Gasteiger partial charge is 0.481 e. The highest BCUT2D eigenvalue weighted by Gasteiger charge is 2.72. The van der Waals surface area contributed by atoms with Crippen LogP contribution in [0.15, 0.2) is 36.5 Å². The van der Waals surface area contributed by atoms with Crippen molar-refractivity contribution in [2.75, 3.05) is 0 Å². The summed E-state index contributed by atoms with van der Waals surface area (Å²) in [6.07, 6.45) is 33.3. The van der Waals surface area contributed by atoms with E-state index in [1.165, 1.54) is 69.8 Å². The molecule has 52 heavy (non-hydrogen) atoms. The van der Waals surface area contributed by atoms with Crippen LogP contribution in [0.2, 0.25) is 0 Å². The summed E-state index contributed by atoms with van der Waals surface area (Å²) < 4.78 is 6.38. The second-order valence-electron chi connectivity index (χ2n) is 20.0. The molecule has 4 nitrogen and oxygen atoms in total. The number of carboxylic acid groups (broad SMARTS) is 1. The van der Waals surface area contributed by atoms with Crippen molar-refractivity contribution in [3.8, 4) is 0 Å². The third-order valence-electron chi connectivity index (χ3n) is 17.0. The lowest BCUT2D eigenvalue weighted by Gasteiger charge is -2.72. The Balaban J connectivity index is 1.11. The van der Waals surface area contributed by atoms with E-state index in [2.05, 4.69) is 79.3 Å². The molecule has 0 bridgehead atoms. The lowest BCUT2D eigenvalue weighted by Crippen LogP contribution is -2.67. The van der Waals surface area contributed by atoms with Gasteiger partial charge in [0.2, 0.25) is 0 Å². The second kappa shape index (κ2) is 16.9. The maximum atomic E-state index is 13.2. The van der Waals surface area contributed by atoms with Gasteiger partial charge in [-0.15, -0.1) is 0 Å². The maximum absolute atomic E-state index is 13.2. The summed E-state index contributed by atoms with van der Waals surface area (Å²) in [5.74, 6) is 1.60. The molecule has 5 aliphatic rings. The van der Waals surface area contributed by atoms with Crippen LogP contribution >= 0.6 is 0 Å². The Morgan fingerprint density at radius 1 is 0.731 bits per heavy atom. The number of carbonyl (C=O) groups is 2. The summed E-state index contributed by atoms with van der Waals surface area (Å²) in [6, 6.07) is 0. The number of allylic oxidation sites excluding steroid dienone is 5. The molecule has 5 rings (SSSR count). The zero-order valence-electron chi connectivity index (χ0n) is 34.7. The number of aliphatic carboxylic acids is 1. The number of carbonyl (C=O) groups excluding carboxylic acids is 1. The Morgan fingerprint density at radius 3 is 2.08 bits per heavy atom. The topological polar surface area (TPSA) is 63.6 Å². The molecule has 4 heteroatoms. The predicted molar refractivity (Wildman–Crippen MR) is 216 cm³/mol. The van der Waals surface area contributed by atoms with Crippen molar-refractivity contribution in [3.05, 3.63) is 36.5 Å². The Kier molecular flexibility index (Phi) is 13.4. The zero-order chi connectivity index (χ0) is 37.8. The summed E-state index contributed by atoms with van der Waals surface area (Å²) in [5.41, 5.74) is 1.12. The van der Waals surface area contributed by atoms with Gasteiger partial charge in [-0.05, 0) is 155 Å². The molecular formula is C48H78O4. The second-order valence-corrected chi connectivity index (χ2v) is 20.0. The number of fused-ring (bicyclic) bond motifs is 7. The van der Waals surface area contributed by atoms with Crippen LogP contribution in [-0.2, 0) is 14.3 Å². The van der Waals surface area contributed by atoms with Gasteiger partial charge in [-0.3, -0.25) is 9.59 Å². The highest BCUT2D eigenvalue weighted by molar-refractivity contribution is 5.76. The molecule has 0 amide bonds. The Morgan fingerprint density at radius 2 is 1.40 bits per heavy atom. The minimum absolute atomic E-state index is 0.00648. The van der Waals surface area contributed by atoms with Gasteiger partial charge in [0, 0.05) is 11.8 Å². The normalized spacial score (nSPS) is 39.4. The average molecular weight is 719 g/mol. The van der Waals surface area contributed by atoms with Crippen LogP contribution in [0.3, 0.4) is 0 Å². The molecule has 10 atom stereocenters. The van der Waals surface area contributed by atoms with Crippen LogP contribution in [0.25, 0.3) is 0 Å². The first-order valence-electron chi connectivity index (χ1n) is 22.1. The van der Waals surface area contributed by atoms with E-state index in [9.17, 15) is 14.7 Å². The molecule has 0 aromatic heterocycles. The molecule has 0 saturated heterocycles. The van der Waals surface area contributed by atoms with Crippen molar-refractivity contribution in [1.29, 1.82) is 0 Å². The highest BCUT2D eigenvalue weighted by Crippen LogP contribution is 2.77. The lowest BCUT2D eigenvalue weighted by atomic mass is 9.32. The fourth-order valence-corrected chi connectivity index (χ4v) is 14.0. The van der Waals surface area contributed by atoms with E-state index in [1.54, 1.807) is 0 Å². The number of rotatable bonds is 17. The zero-order valence-corrected chi connectivity index (χ0v) is 34.7. The molecule has 0 unspecified atom stereocenters. The highest BCUT2D eigenvalue weighted by atomic mass is 16.5. The van der Waals surface area contributed by atoms with Gasteiger partial charge in [-0.2, -0.15) is 0 Å². The molecule has 0 heterocycles. The SMILES string of the molecule is C=C(C)[C@@H]1CC[C@]2(C(=O)O)CC[C@]3(C)[C@H](CC[C@@H]4[C@@]5(C)CC[C@H](OC(=O)CCCCCCC/C=C\C/C=C\CCCCC)C(C)(C)[C@@H]5CC[C@]43C)[C@@H]12. The Hall–Kier alpha value is -1.84. The Labute approximate surface area is 319 Å². The van der Waals surface area contributed by atoms with Gasteiger partial charge in [0.15, 0.2) is 0 Å². The number of hydrogen-bond acceptors (Lipinski definition) is 3. The van der Waals surface area contributed by atoms with Gasteiger partial charge in [0.05, 0.1) is 5.41 Å². The number of esters is 1. The summed E-state index contributed by atoms with van der Waals surface area (Å²) >= 11 is 0. The van der Waals surface area contributed by atoms with E-state index in [4.69, 9.17) is 4.74 Å². The molecule has 294 valence electrons. The van der Waals surface area contributed by atoms with E-state index >= 15 is 0 Å². The standard InChI is InChI=1S/C48H78O4/c1-9-10-11-12-13-14-15-16-17-18-19-20-21-22-23-24-41(49)52-40-29-30-45(6)38(44(40,4)5)28-31-47(8)39(45)26-25-37-42-36(35(2)3)27-32-48(42,43(50)51)34-33-46(37,47)7/h13-14,16-17,36-40,42H,2,9-12,15,18-34H2,1,3-8H3,(H,50,51)/b14-13-,17-16-/t36-,37+,38-,39+,40-,42+,45-,46+,47+,48-/m0/s1. The molecule has 0 radical (unpaired) electrons. The molecule has 0 aromatic rings. The number of carboxylic acids is 1. The van der Waals surface area contributed by atoms with Crippen molar-refractivity contribution < 1.29 is 19.4 Å². The fraction of sp³-hybridized carbons (Fsp3) is 0.833. The van der Waals surface area contributed by atoms with Crippen LogP contribution in [0.5, 0.6) is 0 Å². The maximum Gasteiger partial charge on any atom is 0.309 e. The van der Waals surface area contributed by atoms with Crippen LogP contribution in [0, 0.1) is 56.7 Å². The summed E-state index contributed by atoms with van der Waals surface area (Å²) in [6.45, 7) is 21.4. The molecule has 5 aliphatic carbocycles. The third kappa shape index (κ3) is 7.67. The van der Waals surface area contributed by atoms with Gasteiger partial charge in [0.25, 0.3) is 0 Å². The monoisotopic (exact) mass is 719 g/mol. The third-order valence-corrected chi connectivity index (χ3v) is 17.0. The van der Waals surface area contributed by atoms with Gasteiger partial charge in [-0.25, -0.2) is 0 Å². The average Bonchev–Trinajstić information content (AvgIpc) is 3.50. The summed E-state index contributed by atoms with van der Waals surface area (Å²) in [7, 11) is 0. The van der Waals surface area contributed by atoms with Crippen molar-refractivity contribution in [2.45, 2.75) is 196 Å². The summed E-state index contributed by atoms with van der Waals surface area (Å²) in [4.78, 5) is 26.2. The van der Waals surface area contributed by atoms with E-state index in [0.29, 0.717) is 30.1 Å². The van der Waals surface area contributed by atoms with Gasteiger partial charge in [0.1, 0.15) is 6.10 Å². The minimum Gasteiger partial charge on any atom is -0.481 e. The number of hydrogen-bond donors (Lipinski definition) is 1. The van der Waals surface area contributed by atoms with E-state index < -0.39 is 11.4 Å². The molecule has 0 aliphatic heterocycles. The van der Waals surface area contributed by atoms with Crippen LogP contribution in [0.4, 0.5) is 0 Å². The summed E-state index contributed by atoms with van der Waals surface area (Å²) in [5, 5.41) is 10.7. The van der Waals surface area contributed by atoms with Crippen molar-refractivity contribution in [3.63, 3.8) is 0 Å². The smallest absolute Gasteiger partial charge is 0.309 e. The predicted octanol–water partition coefficient (Wildman–Crippen LogP) is 13.5. The number of ether oxygens (including phenoxy) is 1. The lowest BCUT2D eigenvalue weighted by molar-refractivity contribution is -0.250. The minimum atomic E-state index is -0.565. The first-order valence-corrected chi connectivity index (χ1v) is 22.1. The van der Waals surface area contributed by atoms with E-state index in [1.807, 2.05) is 0 Å². The first-order chi connectivity index (χ1) is 24.7. The molecule has 5 fully saturated rings. The molecule has 0 aromatic carbocycles. The fourth-order valence-electron chi connectivity index (χ4n) is 14.0. The molecular weight excluding hydrogens is 641 g/mol. The first kappa shape index (κ1) is 41.3. The van der Waals surface area contributed by atoms with Crippen LogP contribution in [-0.4, -0.2) is 23.1 Å². The Bertz CT molecular complexity index is 1310. The molecule has 0 spiro atoms. The van der Waals surface area contributed by atoms with Gasteiger partial charge < -0.3 is 9.84 Å². The van der Waals surface area contributed by atoms with Crippen LogP contribution < -0.4 is 0 Å². The molecule has 1 N–H and O–H groups in total. The quantitative estimate of drug-likeness (QED) is 0.0924. The van der Waals surface area contributed by atoms with Crippen LogP contribution in [0.1, 0.15) is 190 Å². The van der Waals surface area contributed by atoms with Gasteiger partial charge in [-0.1, -0.05) is 110 Å². The van der Waals surface area contributed by atoms with Crippen molar-refractivity contribution in [1.82, 2.24) is 0 Å². The molecule has 5 saturated carbocycles.